The van der Waals surface area contributed by atoms with E-state index in [-0.39, 0.29) is 53.9 Å². The summed E-state index contributed by atoms with van der Waals surface area (Å²) in [6.45, 7) is 3.92. The Labute approximate surface area is 394 Å². The monoisotopic (exact) mass is 919 g/mol. The number of aromatic nitrogens is 1. The van der Waals surface area contributed by atoms with E-state index >= 15 is 0 Å². The number of amides is 2. The van der Waals surface area contributed by atoms with Crippen molar-refractivity contribution in [3.63, 3.8) is 0 Å². The molecule has 0 unspecified atom stereocenters. The van der Waals surface area contributed by atoms with Gasteiger partial charge in [-0.3, -0.25) is 19.3 Å². The Bertz CT molecular complexity index is 2830. The van der Waals surface area contributed by atoms with Crippen LogP contribution in [-0.2, 0) is 33.0 Å². The van der Waals surface area contributed by atoms with Gasteiger partial charge < -0.3 is 45.3 Å². The molecule has 0 aliphatic carbocycles. The number of aromatic amines is 1. The van der Waals surface area contributed by atoms with Crippen LogP contribution >= 0.6 is 0 Å². The van der Waals surface area contributed by atoms with E-state index in [1.807, 2.05) is 36.4 Å². The summed E-state index contributed by atoms with van der Waals surface area (Å²) in [7, 11) is 1.46. The van der Waals surface area contributed by atoms with Crippen molar-refractivity contribution in [1.29, 1.82) is 0 Å². The molecule has 68 heavy (non-hydrogen) atoms. The van der Waals surface area contributed by atoms with Gasteiger partial charge >= 0.3 is 5.97 Å². The number of hydrogen-bond acceptors (Lipinski definition) is 11. The molecule has 3 heterocycles. The number of ether oxygens (including phenoxy) is 2. The number of phenolic OH excluding ortho intramolecular Hbond substituents is 1. The molecular formula is C54H57N5O9. The van der Waals surface area contributed by atoms with Crippen molar-refractivity contribution < 1.29 is 39.2 Å². The van der Waals surface area contributed by atoms with Gasteiger partial charge in [-0.05, 0) is 102 Å². The highest BCUT2D eigenvalue weighted by Gasteiger charge is 2.42. The van der Waals surface area contributed by atoms with Gasteiger partial charge in [0, 0.05) is 49.7 Å². The van der Waals surface area contributed by atoms with Crippen molar-refractivity contribution in [3.05, 3.63) is 183 Å². The third-order valence-corrected chi connectivity index (χ3v) is 12.9. The minimum absolute atomic E-state index is 0.0897. The van der Waals surface area contributed by atoms with Crippen LogP contribution in [0.15, 0.2) is 138 Å². The van der Waals surface area contributed by atoms with Crippen molar-refractivity contribution in [2.45, 2.75) is 44.1 Å². The predicted molar refractivity (Wildman–Crippen MR) is 259 cm³/mol. The first kappa shape index (κ1) is 47.4. The summed E-state index contributed by atoms with van der Waals surface area (Å²) in [6.07, 6.45) is 3.32. The van der Waals surface area contributed by atoms with E-state index in [0.29, 0.717) is 53.9 Å². The average Bonchev–Trinajstić information content (AvgIpc) is 3.38. The summed E-state index contributed by atoms with van der Waals surface area (Å²) < 4.78 is 11.5. The first-order chi connectivity index (χ1) is 33.0. The number of fused-ring (bicyclic) bond motifs is 1. The van der Waals surface area contributed by atoms with Gasteiger partial charge in [0.1, 0.15) is 11.5 Å². The third kappa shape index (κ3) is 11.0. The molecule has 8 rings (SSSR count). The highest BCUT2D eigenvalue weighted by atomic mass is 16.5. The number of methoxy groups -OCH3 is 1. The SMILES string of the molecule is COc1cc(CNC[C@H](O)c2ccc(O)c3[nH]c(=O)ccc23)ccc1C(=O)NCC(=O)N1CC=C(c2cccc([C@](O)(C(=O)OCC3CCN(Cc4ccccc4)CC3)c3ccccc3)c2)CC1. The Hall–Kier alpha value is -7.10. The molecule has 0 radical (unpaired) electrons. The lowest BCUT2D eigenvalue weighted by molar-refractivity contribution is -0.164. The molecule has 5 aromatic carbocycles. The molecule has 0 spiro atoms. The lowest BCUT2D eigenvalue weighted by atomic mass is 9.84. The maximum atomic E-state index is 14.0. The molecular weight excluding hydrogens is 863 g/mol. The molecule has 2 atom stereocenters. The Morgan fingerprint density at radius 3 is 2.34 bits per heavy atom. The number of hydrogen-bond donors (Lipinski definition) is 6. The smallest absolute Gasteiger partial charge is 0.347 e. The second kappa shape index (κ2) is 21.7. The number of nitrogens with one attached hydrogen (secondary N) is 3. The summed E-state index contributed by atoms with van der Waals surface area (Å²) in [6, 6.07) is 37.6. The van der Waals surface area contributed by atoms with Crippen LogP contribution in [-0.4, -0.2) is 101 Å². The number of pyridine rings is 1. The standard InChI is InChI=1S/C54H57N5O9/c1-67-48-29-38(31-55-32-47(61)43-17-19-46(60)51-44(43)18-20-49(62)57-51)15-16-45(48)52(64)56-33-50(63)59-27-23-39(24-28-59)40-11-8-14-42(30-40)54(66,41-12-6-3-7-13-41)53(65)68-35-37-21-25-58(26-22-37)34-36-9-4-2-5-10-36/h2-20,23,29-30,37,47,55,60-61,66H,21-22,24-28,31-35H2,1H3,(H,56,64)(H,57,62)/t47-,54-/m0/s1. The number of benzene rings is 5. The number of piperidine rings is 1. The Balaban J connectivity index is 0.837. The summed E-state index contributed by atoms with van der Waals surface area (Å²) in [5.41, 5.74) is 3.30. The van der Waals surface area contributed by atoms with E-state index < -0.39 is 23.6 Å². The first-order valence-electron chi connectivity index (χ1n) is 23.0. The van der Waals surface area contributed by atoms with Crippen molar-refractivity contribution in [3.8, 4) is 11.5 Å². The minimum atomic E-state index is -2.04. The zero-order valence-corrected chi connectivity index (χ0v) is 38.0. The van der Waals surface area contributed by atoms with Crippen molar-refractivity contribution in [2.24, 2.45) is 5.92 Å². The molecule has 2 aliphatic heterocycles. The predicted octanol–water partition coefficient (Wildman–Crippen LogP) is 5.80. The maximum absolute atomic E-state index is 14.0. The van der Waals surface area contributed by atoms with Crippen LogP contribution in [0, 0.1) is 5.92 Å². The lowest BCUT2D eigenvalue weighted by Gasteiger charge is -2.33. The fraction of sp³-hybridized carbons (Fsp3) is 0.296. The van der Waals surface area contributed by atoms with Crippen LogP contribution in [0.5, 0.6) is 11.5 Å². The van der Waals surface area contributed by atoms with E-state index in [9.17, 15) is 34.5 Å². The molecule has 14 heteroatoms. The van der Waals surface area contributed by atoms with E-state index in [1.165, 1.54) is 24.8 Å². The number of aromatic hydroxyl groups is 1. The van der Waals surface area contributed by atoms with E-state index in [0.717, 1.165) is 49.2 Å². The number of phenols is 1. The average molecular weight is 920 g/mol. The van der Waals surface area contributed by atoms with Crippen LogP contribution in [0.2, 0.25) is 0 Å². The maximum Gasteiger partial charge on any atom is 0.347 e. The fourth-order valence-corrected chi connectivity index (χ4v) is 9.04. The largest absolute Gasteiger partial charge is 0.506 e. The number of aliphatic hydroxyl groups excluding tert-OH is 1. The van der Waals surface area contributed by atoms with Crippen LogP contribution < -0.4 is 20.9 Å². The van der Waals surface area contributed by atoms with Crippen LogP contribution in [0.25, 0.3) is 16.5 Å². The van der Waals surface area contributed by atoms with Gasteiger partial charge in [-0.15, -0.1) is 0 Å². The van der Waals surface area contributed by atoms with E-state index in [1.54, 1.807) is 65.6 Å². The normalized spacial score (nSPS) is 15.8. The van der Waals surface area contributed by atoms with Crippen LogP contribution in [0.3, 0.4) is 0 Å². The van der Waals surface area contributed by atoms with Gasteiger partial charge in [0.25, 0.3) is 5.91 Å². The number of carbonyl (C=O) groups is 3. The van der Waals surface area contributed by atoms with Crippen molar-refractivity contribution in [2.75, 3.05) is 53.0 Å². The number of rotatable bonds is 17. The summed E-state index contributed by atoms with van der Waals surface area (Å²) in [5, 5.41) is 39.9. The number of H-pyrrole nitrogens is 1. The molecule has 0 saturated carbocycles. The number of esters is 1. The second-order valence-electron chi connectivity index (χ2n) is 17.4. The topological polar surface area (TPSA) is 194 Å². The molecule has 2 aliphatic rings. The van der Waals surface area contributed by atoms with E-state index in [2.05, 4.69) is 44.8 Å². The van der Waals surface area contributed by atoms with E-state index in [4.69, 9.17) is 9.47 Å². The highest BCUT2D eigenvalue weighted by Crippen LogP contribution is 2.35. The van der Waals surface area contributed by atoms with Gasteiger partial charge in [-0.25, -0.2) is 4.79 Å². The van der Waals surface area contributed by atoms with Crippen molar-refractivity contribution in [1.82, 2.24) is 25.4 Å². The Morgan fingerprint density at radius 1 is 0.853 bits per heavy atom. The molecule has 2 amide bonds. The molecule has 0 bridgehead atoms. The Kier molecular flexibility index (Phi) is 15.1. The van der Waals surface area contributed by atoms with Gasteiger partial charge in [0.05, 0.1) is 37.4 Å². The highest BCUT2D eigenvalue weighted by molar-refractivity contribution is 5.99. The third-order valence-electron chi connectivity index (χ3n) is 12.9. The summed E-state index contributed by atoms with van der Waals surface area (Å²) in [5.74, 6) is -1.02. The van der Waals surface area contributed by atoms with Gasteiger partial charge in [0.2, 0.25) is 17.1 Å². The second-order valence-corrected chi connectivity index (χ2v) is 17.4. The molecule has 1 fully saturated rings. The molecule has 6 N–H and O–H groups in total. The number of nitrogens with zero attached hydrogens (tertiary/aromatic N) is 2. The summed E-state index contributed by atoms with van der Waals surface area (Å²) in [4.78, 5) is 59.1. The first-order valence-corrected chi connectivity index (χ1v) is 23.0. The number of carbonyl (C=O) groups excluding carboxylic acids is 3. The molecule has 352 valence electrons. The fourth-order valence-electron chi connectivity index (χ4n) is 9.04. The van der Waals surface area contributed by atoms with Gasteiger partial charge in [-0.1, -0.05) is 97.1 Å². The zero-order chi connectivity index (χ0) is 47.6. The number of likely N-dealkylation sites (tertiary alicyclic amines) is 1. The quantitative estimate of drug-likeness (QED) is 0.0606. The van der Waals surface area contributed by atoms with Crippen molar-refractivity contribution >= 4 is 34.3 Å². The lowest BCUT2D eigenvalue weighted by Crippen LogP contribution is -2.42. The van der Waals surface area contributed by atoms with Crippen LogP contribution in [0.4, 0.5) is 0 Å². The van der Waals surface area contributed by atoms with Crippen LogP contribution in [0.1, 0.15) is 69.1 Å². The van der Waals surface area contributed by atoms with Gasteiger partial charge in [0.15, 0.2) is 0 Å². The minimum Gasteiger partial charge on any atom is -0.506 e. The van der Waals surface area contributed by atoms with Gasteiger partial charge in [-0.2, -0.15) is 0 Å². The molecule has 6 aromatic rings. The summed E-state index contributed by atoms with van der Waals surface area (Å²) >= 11 is 0. The molecule has 1 saturated heterocycles. The zero-order valence-electron chi connectivity index (χ0n) is 38.0. The number of aliphatic hydroxyl groups is 2. The molecule has 1 aromatic heterocycles. The molecule has 14 nitrogen and oxygen atoms in total. The Morgan fingerprint density at radius 2 is 1.60 bits per heavy atom.